The van der Waals surface area contributed by atoms with Gasteiger partial charge in [-0.15, -0.1) is 11.3 Å². The highest BCUT2D eigenvalue weighted by Crippen LogP contribution is 2.35. The molecule has 1 aromatic carbocycles. The average Bonchev–Trinajstić information content (AvgIpc) is 2.98. The van der Waals surface area contributed by atoms with E-state index >= 15 is 0 Å². The molecule has 0 aliphatic heterocycles. The Morgan fingerprint density at radius 2 is 2.16 bits per heavy atom. The van der Waals surface area contributed by atoms with Crippen molar-refractivity contribution < 1.29 is 0 Å². The number of rotatable bonds is 3. The maximum absolute atomic E-state index is 6.04. The van der Waals surface area contributed by atoms with Crippen LogP contribution in [0.25, 0.3) is 10.9 Å². The molecule has 0 aliphatic carbocycles. The van der Waals surface area contributed by atoms with Crippen LogP contribution in [-0.2, 0) is 0 Å². The van der Waals surface area contributed by atoms with Gasteiger partial charge >= 0.3 is 0 Å². The number of benzene rings is 1. The molecule has 0 fully saturated rings. The molecule has 3 rings (SSSR count). The number of nitrogens with one attached hydrogen (secondary N) is 1. The summed E-state index contributed by atoms with van der Waals surface area (Å²) in [4.78, 5) is 4.54. The van der Waals surface area contributed by atoms with Gasteiger partial charge in [0.1, 0.15) is 0 Å². The van der Waals surface area contributed by atoms with Crippen molar-refractivity contribution in [2.24, 2.45) is 5.73 Å². The molecule has 3 N–H and O–H groups in total. The molecule has 2 nitrogen and oxygen atoms in total. The van der Waals surface area contributed by atoms with Crippen LogP contribution in [0.1, 0.15) is 21.9 Å². The first-order chi connectivity index (χ1) is 9.19. The number of aryl methyl sites for hydroxylation is 1. The highest BCUT2D eigenvalue weighted by atomic mass is 35.5. The lowest BCUT2D eigenvalue weighted by Gasteiger charge is -2.12. The summed E-state index contributed by atoms with van der Waals surface area (Å²) in [5.41, 5.74) is 9.65. The van der Waals surface area contributed by atoms with E-state index in [1.807, 2.05) is 6.07 Å². The number of aromatic amines is 1. The van der Waals surface area contributed by atoms with Crippen molar-refractivity contribution in [3.8, 4) is 0 Å². The van der Waals surface area contributed by atoms with E-state index in [1.54, 1.807) is 11.3 Å². The summed E-state index contributed by atoms with van der Waals surface area (Å²) >= 11 is 7.64. The van der Waals surface area contributed by atoms with Gasteiger partial charge in [0.25, 0.3) is 0 Å². The van der Waals surface area contributed by atoms with Gasteiger partial charge in [0, 0.05) is 34.4 Å². The second-order valence-electron chi connectivity index (χ2n) is 4.72. The van der Waals surface area contributed by atoms with Gasteiger partial charge in [-0.1, -0.05) is 23.2 Å². The monoisotopic (exact) mass is 290 g/mol. The lowest BCUT2D eigenvalue weighted by atomic mass is 9.96. The third kappa shape index (κ3) is 2.29. The van der Waals surface area contributed by atoms with Crippen LogP contribution in [0.3, 0.4) is 0 Å². The molecule has 0 aliphatic rings. The minimum atomic E-state index is 0.202. The number of aromatic nitrogens is 1. The maximum atomic E-state index is 6.04. The summed E-state index contributed by atoms with van der Waals surface area (Å²) in [5, 5.41) is 1.25. The van der Waals surface area contributed by atoms with Crippen molar-refractivity contribution in [1.82, 2.24) is 4.98 Å². The Morgan fingerprint density at radius 1 is 1.32 bits per heavy atom. The second-order valence-corrected chi connectivity index (χ2v) is 6.47. The Kier molecular flexibility index (Phi) is 3.35. The van der Waals surface area contributed by atoms with Gasteiger partial charge in [0.05, 0.1) is 4.34 Å². The van der Waals surface area contributed by atoms with E-state index in [0.29, 0.717) is 6.54 Å². The molecular weight excluding hydrogens is 276 g/mol. The quantitative estimate of drug-likeness (QED) is 0.743. The predicted molar refractivity (Wildman–Crippen MR) is 83.3 cm³/mol. The molecule has 0 saturated heterocycles. The summed E-state index contributed by atoms with van der Waals surface area (Å²) in [6.07, 6.45) is 2.06. The number of nitrogens with two attached hydrogens (primary N) is 1. The number of halogens is 1. The number of thiophene rings is 1. The average molecular weight is 291 g/mol. The molecule has 0 radical (unpaired) electrons. The Morgan fingerprint density at radius 3 is 2.84 bits per heavy atom. The second kappa shape index (κ2) is 5.00. The van der Waals surface area contributed by atoms with Gasteiger partial charge in [-0.2, -0.15) is 0 Å². The fraction of sp³-hybridized carbons (Fsp3) is 0.200. The van der Waals surface area contributed by atoms with Crippen LogP contribution in [0.2, 0.25) is 4.34 Å². The van der Waals surface area contributed by atoms with Gasteiger partial charge < -0.3 is 10.7 Å². The molecule has 98 valence electrons. The third-order valence-corrected chi connectivity index (χ3v) is 4.76. The molecule has 0 amide bonds. The largest absolute Gasteiger partial charge is 0.361 e. The standard InChI is InChI=1S/C15H15ClN2S/c1-9-2-3-13-10(6-9)12(8-18-13)11(7-17)14-4-5-15(16)19-14/h2-6,8,11,18H,7,17H2,1H3. The molecule has 3 aromatic rings. The van der Waals surface area contributed by atoms with E-state index in [9.17, 15) is 0 Å². The van der Waals surface area contributed by atoms with Crippen molar-refractivity contribution in [1.29, 1.82) is 0 Å². The van der Waals surface area contributed by atoms with Crippen LogP contribution < -0.4 is 5.73 Å². The van der Waals surface area contributed by atoms with Crippen LogP contribution in [0.15, 0.2) is 36.5 Å². The van der Waals surface area contributed by atoms with Gasteiger partial charge in [0.2, 0.25) is 0 Å². The van der Waals surface area contributed by atoms with E-state index in [2.05, 4.69) is 42.4 Å². The summed E-state index contributed by atoms with van der Waals surface area (Å²) in [5.74, 6) is 0.202. The summed E-state index contributed by atoms with van der Waals surface area (Å²) in [7, 11) is 0. The van der Waals surface area contributed by atoms with E-state index in [-0.39, 0.29) is 5.92 Å². The third-order valence-electron chi connectivity index (χ3n) is 3.42. The molecule has 1 atom stereocenters. The smallest absolute Gasteiger partial charge is 0.0931 e. The van der Waals surface area contributed by atoms with Crippen LogP contribution in [0, 0.1) is 6.92 Å². The molecule has 2 aromatic heterocycles. The number of H-pyrrole nitrogens is 1. The van der Waals surface area contributed by atoms with Gasteiger partial charge in [-0.05, 0) is 36.8 Å². The number of hydrogen-bond donors (Lipinski definition) is 2. The van der Waals surface area contributed by atoms with Crippen molar-refractivity contribution in [3.05, 3.63) is 56.9 Å². The van der Waals surface area contributed by atoms with E-state index < -0.39 is 0 Å². The lowest BCUT2D eigenvalue weighted by molar-refractivity contribution is 0.842. The van der Waals surface area contributed by atoms with Crippen LogP contribution in [-0.4, -0.2) is 11.5 Å². The molecule has 1 unspecified atom stereocenters. The molecule has 2 heterocycles. The van der Waals surface area contributed by atoms with Crippen molar-refractivity contribution in [2.75, 3.05) is 6.54 Å². The molecular formula is C15H15ClN2S. The fourth-order valence-corrected chi connectivity index (χ4v) is 3.65. The van der Waals surface area contributed by atoms with E-state index in [1.165, 1.54) is 21.4 Å². The van der Waals surface area contributed by atoms with Crippen LogP contribution in [0.4, 0.5) is 0 Å². The first-order valence-electron chi connectivity index (χ1n) is 6.22. The highest BCUT2D eigenvalue weighted by molar-refractivity contribution is 7.16. The summed E-state index contributed by atoms with van der Waals surface area (Å²) < 4.78 is 0.810. The van der Waals surface area contributed by atoms with E-state index in [4.69, 9.17) is 17.3 Å². The molecule has 4 heteroatoms. The zero-order chi connectivity index (χ0) is 13.4. The van der Waals surface area contributed by atoms with Gasteiger partial charge in [0.15, 0.2) is 0 Å². The Balaban J connectivity index is 2.13. The Hall–Kier alpha value is -1.29. The normalized spacial score (nSPS) is 13.0. The maximum Gasteiger partial charge on any atom is 0.0931 e. The minimum absolute atomic E-state index is 0.202. The topological polar surface area (TPSA) is 41.8 Å². The summed E-state index contributed by atoms with van der Waals surface area (Å²) in [6, 6.07) is 10.4. The Labute approximate surface area is 121 Å². The highest BCUT2D eigenvalue weighted by Gasteiger charge is 2.18. The first kappa shape index (κ1) is 12.7. The van der Waals surface area contributed by atoms with Gasteiger partial charge in [-0.3, -0.25) is 0 Å². The van der Waals surface area contributed by atoms with Crippen LogP contribution >= 0.6 is 22.9 Å². The Bertz CT molecular complexity index is 714. The molecule has 19 heavy (non-hydrogen) atoms. The SMILES string of the molecule is Cc1ccc2[nH]cc(C(CN)c3ccc(Cl)s3)c2c1. The molecule has 0 spiro atoms. The fourth-order valence-electron chi connectivity index (χ4n) is 2.46. The van der Waals surface area contributed by atoms with Crippen molar-refractivity contribution in [3.63, 3.8) is 0 Å². The van der Waals surface area contributed by atoms with Crippen LogP contribution in [0.5, 0.6) is 0 Å². The van der Waals surface area contributed by atoms with Crippen molar-refractivity contribution >= 4 is 33.8 Å². The van der Waals surface area contributed by atoms with E-state index in [0.717, 1.165) is 9.85 Å². The number of fused-ring (bicyclic) bond motifs is 1. The zero-order valence-corrected chi connectivity index (χ0v) is 12.2. The summed E-state index contributed by atoms with van der Waals surface area (Å²) in [6.45, 7) is 2.69. The predicted octanol–water partition coefficient (Wildman–Crippen LogP) is 4.28. The number of hydrogen-bond acceptors (Lipinski definition) is 2. The molecule has 0 bridgehead atoms. The lowest BCUT2D eigenvalue weighted by Crippen LogP contribution is -2.12. The first-order valence-corrected chi connectivity index (χ1v) is 7.41. The zero-order valence-electron chi connectivity index (χ0n) is 10.6. The van der Waals surface area contributed by atoms with Gasteiger partial charge in [-0.25, -0.2) is 0 Å². The minimum Gasteiger partial charge on any atom is -0.361 e. The van der Waals surface area contributed by atoms with Crippen molar-refractivity contribution in [2.45, 2.75) is 12.8 Å². The molecule has 0 saturated carbocycles.